The predicted octanol–water partition coefficient (Wildman–Crippen LogP) is 3.36. The van der Waals surface area contributed by atoms with Crippen LogP contribution >= 0.6 is 11.8 Å². The van der Waals surface area contributed by atoms with E-state index in [1.165, 1.54) is 29.9 Å². The maximum Gasteiger partial charge on any atom is 0.115 e. The van der Waals surface area contributed by atoms with Crippen molar-refractivity contribution in [3.63, 3.8) is 0 Å². The first kappa shape index (κ1) is 16.2. The van der Waals surface area contributed by atoms with Crippen molar-refractivity contribution in [3.05, 3.63) is 29.8 Å². The molecular weight excluding hydrogens is 294 g/mol. The number of rotatable bonds is 5. The minimum absolute atomic E-state index is 0.164. The third-order valence-corrected chi connectivity index (χ3v) is 6.11. The third-order valence-electron chi connectivity index (χ3n) is 4.88. The molecule has 2 aliphatic rings. The normalized spacial score (nSPS) is 29.8. The molecule has 2 saturated heterocycles. The second-order valence-corrected chi connectivity index (χ2v) is 7.90. The van der Waals surface area contributed by atoms with Crippen LogP contribution in [0.4, 0.5) is 0 Å². The number of nitrogens with one attached hydrogen (secondary N) is 1. The van der Waals surface area contributed by atoms with Crippen LogP contribution in [0.5, 0.6) is 5.75 Å². The van der Waals surface area contributed by atoms with Gasteiger partial charge in [0.25, 0.3) is 0 Å². The van der Waals surface area contributed by atoms with Crippen molar-refractivity contribution in [2.45, 2.75) is 56.7 Å². The molecule has 22 heavy (non-hydrogen) atoms. The van der Waals surface area contributed by atoms with E-state index in [0.717, 1.165) is 25.9 Å². The summed E-state index contributed by atoms with van der Waals surface area (Å²) in [4.78, 5) is 0. The summed E-state index contributed by atoms with van der Waals surface area (Å²) in [5.41, 5.74) is 1.46. The Morgan fingerprint density at radius 2 is 2.23 bits per heavy atom. The lowest BCUT2D eigenvalue weighted by Gasteiger charge is -2.39. The lowest BCUT2D eigenvalue weighted by molar-refractivity contribution is -0.0712. The molecule has 0 saturated carbocycles. The summed E-state index contributed by atoms with van der Waals surface area (Å²) in [5, 5.41) is 13.1. The number of aromatic hydroxyl groups is 1. The van der Waals surface area contributed by atoms with Crippen LogP contribution in [0.2, 0.25) is 0 Å². The van der Waals surface area contributed by atoms with Crippen molar-refractivity contribution in [2.75, 3.05) is 18.1 Å². The molecule has 4 heteroatoms. The zero-order valence-electron chi connectivity index (χ0n) is 13.4. The average Bonchev–Trinajstić information content (AvgIpc) is 2.94. The van der Waals surface area contributed by atoms with Gasteiger partial charge in [-0.3, -0.25) is 0 Å². The molecule has 122 valence electrons. The largest absolute Gasteiger partial charge is 0.508 e. The van der Waals surface area contributed by atoms with Gasteiger partial charge in [0.05, 0.1) is 5.60 Å². The fraction of sp³-hybridized carbons (Fsp3) is 0.667. The minimum atomic E-state index is 0.164. The van der Waals surface area contributed by atoms with Crippen molar-refractivity contribution in [3.8, 4) is 5.75 Å². The van der Waals surface area contributed by atoms with Crippen LogP contribution < -0.4 is 5.32 Å². The van der Waals surface area contributed by atoms with Crippen molar-refractivity contribution < 1.29 is 9.84 Å². The molecule has 2 fully saturated rings. The van der Waals surface area contributed by atoms with Crippen molar-refractivity contribution in [2.24, 2.45) is 0 Å². The molecular formula is C18H27NO2S. The fourth-order valence-corrected chi connectivity index (χ4v) is 4.94. The zero-order chi connectivity index (χ0) is 15.4. The first-order valence-electron chi connectivity index (χ1n) is 8.41. The first-order valence-corrected chi connectivity index (χ1v) is 9.56. The Kier molecular flexibility index (Phi) is 5.32. The van der Waals surface area contributed by atoms with Gasteiger partial charge in [-0.1, -0.05) is 12.1 Å². The van der Waals surface area contributed by atoms with Crippen LogP contribution in [-0.2, 0) is 11.2 Å². The van der Waals surface area contributed by atoms with Crippen LogP contribution in [0.1, 0.15) is 38.2 Å². The molecule has 0 radical (unpaired) electrons. The van der Waals surface area contributed by atoms with E-state index in [2.05, 4.69) is 12.2 Å². The van der Waals surface area contributed by atoms with Crippen LogP contribution in [0, 0.1) is 0 Å². The first-order chi connectivity index (χ1) is 10.7. The molecule has 2 N–H and O–H groups in total. The second-order valence-electron chi connectivity index (χ2n) is 6.80. The summed E-state index contributed by atoms with van der Waals surface area (Å²) in [6.45, 7) is 3.19. The van der Waals surface area contributed by atoms with E-state index in [-0.39, 0.29) is 5.60 Å². The van der Waals surface area contributed by atoms with E-state index in [1.807, 2.05) is 23.9 Å². The predicted molar refractivity (Wildman–Crippen MR) is 92.7 cm³/mol. The molecule has 0 bridgehead atoms. The molecule has 3 nitrogen and oxygen atoms in total. The summed E-state index contributed by atoms with van der Waals surface area (Å²) in [5.74, 6) is 2.77. The Hall–Kier alpha value is -0.710. The van der Waals surface area contributed by atoms with Gasteiger partial charge >= 0.3 is 0 Å². The Labute approximate surface area is 137 Å². The maximum atomic E-state index is 9.33. The Bertz CT molecular complexity index is 470. The van der Waals surface area contributed by atoms with Gasteiger partial charge in [0.15, 0.2) is 0 Å². The molecule has 1 aromatic rings. The van der Waals surface area contributed by atoms with E-state index < -0.39 is 0 Å². The number of aryl methyl sites for hydroxylation is 1. The number of benzene rings is 1. The van der Waals surface area contributed by atoms with Gasteiger partial charge in [0.1, 0.15) is 5.75 Å². The molecule has 3 rings (SSSR count). The Morgan fingerprint density at radius 1 is 1.41 bits per heavy atom. The lowest BCUT2D eigenvalue weighted by Crippen LogP contribution is -2.49. The van der Waals surface area contributed by atoms with Crippen molar-refractivity contribution in [1.29, 1.82) is 0 Å². The molecule has 0 aliphatic carbocycles. The highest BCUT2D eigenvalue weighted by atomic mass is 32.2. The number of phenolic OH excluding ortho intramolecular Hbond substituents is 1. The van der Waals surface area contributed by atoms with E-state index in [4.69, 9.17) is 4.74 Å². The number of thioether (sulfide) groups is 1. The number of ether oxygens (including phenoxy) is 1. The molecule has 3 unspecified atom stereocenters. The summed E-state index contributed by atoms with van der Waals surface area (Å²) >= 11 is 2.04. The topological polar surface area (TPSA) is 41.5 Å². The van der Waals surface area contributed by atoms with E-state index >= 15 is 0 Å². The van der Waals surface area contributed by atoms with E-state index in [9.17, 15) is 5.11 Å². The standard InChI is InChI=1S/C18H27NO2S/c1-14(2-3-15-4-6-17(20)7-5-15)19-16-8-10-21-18(12-16)9-11-22-13-18/h4-7,14,16,19-20H,2-3,8-13H2,1H3. The third kappa shape index (κ3) is 4.18. The van der Waals surface area contributed by atoms with Gasteiger partial charge in [-0.2, -0.15) is 11.8 Å². The number of hydrogen-bond donors (Lipinski definition) is 2. The second kappa shape index (κ2) is 7.24. The van der Waals surface area contributed by atoms with Gasteiger partial charge < -0.3 is 15.2 Å². The van der Waals surface area contributed by atoms with Crippen molar-refractivity contribution in [1.82, 2.24) is 5.32 Å². The van der Waals surface area contributed by atoms with Gasteiger partial charge in [-0.05, 0) is 62.5 Å². The van der Waals surface area contributed by atoms with Gasteiger partial charge in [-0.25, -0.2) is 0 Å². The molecule has 1 aromatic carbocycles. The number of phenols is 1. The lowest BCUT2D eigenvalue weighted by atomic mass is 9.89. The smallest absolute Gasteiger partial charge is 0.115 e. The highest BCUT2D eigenvalue weighted by Gasteiger charge is 2.40. The van der Waals surface area contributed by atoms with Gasteiger partial charge in [-0.15, -0.1) is 0 Å². The maximum absolute atomic E-state index is 9.33. The Balaban J connectivity index is 1.45. The van der Waals surface area contributed by atoms with Crippen LogP contribution in [0.15, 0.2) is 24.3 Å². The highest BCUT2D eigenvalue weighted by molar-refractivity contribution is 7.99. The van der Waals surface area contributed by atoms with Gasteiger partial charge in [0.2, 0.25) is 0 Å². The average molecular weight is 321 g/mol. The molecule has 3 atom stereocenters. The summed E-state index contributed by atoms with van der Waals surface area (Å²) in [6, 6.07) is 8.69. The quantitative estimate of drug-likeness (QED) is 0.872. The number of hydrogen-bond acceptors (Lipinski definition) is 4. The van der Waals surface area contributed by atoms with Crippen LogP contribution in [0.3, 0.4) is 0 Å². The van der Waals surface area contributed by atoms with E-state index in [1.54, 1.807) is 12.1 Å². The minimum Gasteiger partial charge on any atom is -0.508 e. The van der Waals surface area contributed by atoms with Gasteiger partial charge in [0, 0.05) is 24.4 Å². The molecule has 2 aliphatic heterocycles. The molecule has 1 spiro atoms. The fourth-order valence-electron chi connectivity index (χ4n) is 3.56. The summed E-state index contributed by atoms with van der Waals surface area (Å²) in [6.07, 6.45) is 5.71. The molecule has 0 aromatic heterocycles. The molecule has 2 heterocycles. The SMILES string of the molecule is CC(CCc1ccc(O)cc1)NC1CCOC2(CCSC2)C1. The monoisotopic (exact) mass is 321 g/mol. The highest BCUT2D eigenvalue weighted by Crippen LogP contribution is 2.38. The van der Waals surface area contributed by atoms with E-state index in [0.29, 0.717) is 17.8 Å². The van der Waals surface area contributed by atoms with Crippen molar-refractivity contribution >= 4 is 11.8 Å². The molecule has 0 amide bonds. The van der Waals surface area contributed by atoms with Crippen LogP contribution in [-0.4, -0.2) is 40.9 Å². The Morgan fingerprint density at radius 3 is 2.95 bits per heavy atom. The van der Waals surface area contributed by atoms with Crippen LogP contribution in [0.25, 0.3) is 0 Å². The summed E-state index contributed by atoms with van der Waals surface area (Å²) in [7, 11) is 0. The summed E-state index contributed by atoms with van der Waals surface area (Å²) < 4.78 is 6.09. The zero-order valence-corrected chi connectivity index (χ0v) is 14.2.